The zero-order valence-electron chi connectivity index (χ0n) is 17.4. The third-order valence-corrected chi connectivity index (χ3v) is 5.01. The van der Waals surface area contributed by atoms with Crippen LogP contribution in [0.1, 0.15) is 25.0 Å². The molecule has 0 N–H and O–H groups in total. The highest BCUT2D eigenvalue weighted by Gasteiger charge is 2.20. The minimum atomic E-state index is -0.481. The number of rotatable bonds is 3. The van der Waals surface area contributed by atoms with Gasteiger partial charge in [0.05, 0.1) is 0 Å². The average molecular weight is 416 g/mol. The van der Waals surface area contributed by atoms with Crippen LogP contribution in [0.5, 0.6) is 11.5 Å². The van der Waals surface area contributed by atoms with E-state index in [1.54, 1.807) is 36.4 Å². The second kappa shape index (κ2) is 8.30. The van der Waals surface area contributed by atoms with Gasteiger partial charge >= 0.3 is 11.9 Å². The lowest BCUT2D eigenvalue weighted by Crippen LogP contribution is -2.06. The van der Waals surface area contributed by atoms with Gasteiger partial charge in [-0.05, 0) is 33.7 Å². The Morgan fingerprint density at radius 2 is 1.06 bits per heavy atom. The average Bonchev–Trinajstić information content (AvgIpc) is 2.78. The van der Waals surface area contributed by atoms with Crippen LogP contribution in [0.4, 0.5) is 0 Å². The molecule has 4 aromatic rings. The zero-order valence-corrected chi connectivity index (χ0v) is 17.4. The van der Waals surface area contributed by atoms with Crippen molar-refractivity contribution >= 4 is 33.5 Å². The molecule has 4 rings (SSSR count). The topological polar surface area (TPSA) is 52.6 Å². The maximum absolute atomic E-state index is 11.9. The van der Waals surface area contributed by atoms with Crippen molar-refractivity contribution in [2.75, 3.05) is 0 Å². The third kappa shape index (κ3) is 3.78. The lowest BCUT2D eigenvalue weighted by Gasteiger charge is -2.19. The molecule has 4 aromatic carbocycles. The van der Waals surface area contributed by atoms with Crippen LogP contribution in [0, 0.1) is 24.7 Å². The van der Waals surface area contributed by atoms with E-state index in [4.69, 9.17) is 22.3 Å². The molecule has 0 aliphatic rings. The molecule has 0 spiro atoms. The first-order valence-electron chi connectivity index (χ1n) is 9.77. The molecule has 4 nitrogen and oxygen atoms in total. The Labute approximate surface area is 185 Å². The first-order valence-corrected chi connectivity index (χ1v) is 9.77. The fourth-order valence-corrected chi connectivity index (χ4v) is 3.77. The molecule has 0 radical (unpaired) electrons. The van der Waals surface area contributed by atoms with Gasteiger partial charge in [-0.2, -0.15) is 0 Å². The number of hydrogen-bond acceptors (Lipinski definition) is 4. The first kappa shape index (κ1) is 20.7. The molecule has 0 saturated carbocycles. The van der Waals surface area contributed by atoms with E-state index in [-0.39, 0.29) is 0 Å². The van der Waals surface area contributed by atoms with Crippen LogP contribution in [0.3, 0.4) is 0 Å². The van der Waals surface area contributed by atoms with Gasteiger partial charge in [-0.1, -0.05) is 24.3 Å². The molecule has 0 atom stereocenters. The van der Waals surface area contributed by atoms with Crippen molar-refractivity contribution in [2.24, 2.45) is 0 Å². The van der Waals surface area contributed by atoms with Gasteiger partial charge in [0.25, 0.3) is 0 Å². The van der Waals surface area contributed by atoms with Crippen molar-refractivity contribution in [3.63, 3.8) is 0 Å². The van der Waals surface area contributed by atoms with Gasteiger partial charge < -0.3 is 22.3 Å². The van der Waals surface area contributed by atoms with Crippen LogP contribution in [-0.4, -0.2) is 11.9 Å². The SMILES string of the molecule is [C-]#Cc1ccc2c(-c3c(OC(C)=O)ccc4cc(C#[C-])ccc34)c(OC(C)=O)ccc2c1. The molecule has 32 heavy (non-hydrogen) atoms. The summed E-state index contributed by atoms with van der Waals surface area (Å²) in [6.07, 6.45) is 14.9. The summed E-state index contributed by atoms with van der Waals surface area (Å²) >= 11 is 0. The highest BCUT2D eigenvalue weighted by atomic mass is 16.5. The molecule has 0 bridgehead atoms. The number of esters is 2. The first-order chi connectivity index (χ1) is 15.4. The lowest BCUT2D eigenvalue weighted by atomic mass is 9.91. The molecular formula is C28H16O4-2. The van der Waals surface area contributed by atoms with E-state index in [0.29, 0.717) is 33.8 Å². The Kier molecular flexibility index (Phi) is 5.37. The van der Waals surface area contributed by atoms with Crippen molar-refractivity contribution in [3.05, 3.63) is 84.6 Å². The number of benzene rings is 4. The molecular weight excluding hydrogens is 400 g/mol. The predicted octanol–water partition coefficient (Wildman–Crippen LogP) is 5.39. The van der Waals surface area contributed by atoms with Crippen LogP contribution < -0.4 is 9.47 Å². The van der Waals surface area contributed by atoms with E-state index in [1.165, 1.54) is 13.8 Å². The summed E-state index contributed by atoms with van der Waals surface area (Å²) in [7, 11) is 0. The van der Waals surface area contributed by atoms with E-state index in [0.717, 1.165) is 21.5 Å². The standard InChI is InChI=1S/C28H16O4/c1-5-19-7-11-23-21(15-19)9-13-25(31-17(3)29)27(23)28-24-12-8-20(6-2)16-22(24)10-14-26(28)32-18(4)30/h7-16H,3-4H3/q-2. The number of ether oxygens (including phenoxy) is 2. The molecule has 0 fully saturated rings. The maximum atomic E-state index is 11.9. The van der Waals surface area contributed by atoms with E-state index in [9.17, 15) is 9.59 Å². The van der Waals surface area contributed by atoms with Crippen molar-refractivity contribution < 1.29 is 19.1 Å². The van der Waals surface area contributed by atoms with Crippen LogP contribution >= 0.6 is 0 Å². The van der Waals surface area contributed by atoms with E-state index >= 15 is 0 Å². The summed E-state index contributed by atoms with van der Waals surface area (Å²) in [5, 5.41) is 3.13. The van der Waals surface area contributed by atoms with Crippen LogP contribution in [0.15, 0.2) is 60.7 Å². The van der Waals surface area contributed by atoms with Gasteiger partial charge in [-0.3, -0.25) is 21.4 Å². The fourth-order valence-electron chi connectivity index (χ4n) is 3.77. The lowest BCUT2D eigenvalue weighted by molar-refractivity contribution is -0.132. The molecule has 0 unspecified atom stereocenters. The minimum Gasteiger partial charge on any atom is -0.426 e. The summed E-state index contributed by atoms with van der Waals surface area (Å²) in [4.78, 5) is 23.7. The highest BCUT2D eigenvalue weighted by Crippen LogP contribution is 2.45. The normalized spacial score (nSPS) is 10.4. The number of hydrogen-bond donors (Lipinski definition) is 0. The highest BCUT2D eigenvalue weighted by molar-refractivity contribution is 6.10. The Morgan fingerprint density at radius 3 is 1.41 bits per heavy atom. The monoisotopic (exact) mass is 416 g/mol. The Morgan fingerprint density at radius 1 is 0.656 bits per heavy atom. The number of carbonyl (C=O) groups is 2. The maximum Gasteiger partial charge on any atom is 0.308 e. The number of fused-ring (bicyclic) bond motifs is 2. The van der Waals surface area contributed by atoms with Gasteiger partial charge in [0, 0.05) is 25.0 Å². The van der Waals surface area contributed by atoms with E-state index in [2.05, 4.69) is 11.8 Å². The van der Waals surface area contributed by atoms with Crippen LogP contribution in [0.25, 0.3) is 32.7 Å². The van der Waals surface area contributed by atoms with Crippen molar-refractivity contribution in [1.82, 2.24) is 0 Å². The fraction of sp³-hybridized carbons (Fsp3) is 0.0714. The quantitative estimate of drug-likeness (QED) is 0.195. The zero-order chi connectivity index (χ0) is 22.8. The van der Waals surface area contributed by atoms with Gasteiger partial charge in [0.1, 0.15) is 11.5 Å². The third-order valence-electron chi connectivity index (χ3n) is 5.01. The van der Waals surface area contributed by atoms with Gasteiger partial charge in [0.15, 0.2) is 0 Å². The van der Waals surface area contributed by atoms with Gasteiger partial charge in [0.2, 0.25) is 0 Å². The molecule has 0 aliphatic heterocycles. The Bertz CT molecular complexity index is 1380. The molecule has 0 aliphatic carbocycles. The summed E-state index contributed by atoms with van der Waals surface area (Å²) in [6, 6.07) is 17.7. The van der Waals surface area contributed by atoms with Crippen LogP contribution in [0.2, 0.25) is 0 Å². The van der Waals surface area contributed by atoms with Crippen LogP contribution in [-0.2, 0) is 9.59 Å². The molecule has 0 aromatic heterocycles. The summed E-state index contributed by atoms with van der Waals surface area (Å²) in [5.41, 5.74) is 2.38. The molecule has 4 heteroatoms. The Balaban J connectivity index is 2.17. The molecule has 0 saturated heterocycles. The second-order valence-corrected chi connectivity index (χ2v) is 7.19. The summed E-state index contributed by atoms with van der Waals surface area (Å²) < 4.78 is 11.1. The second-order valence-electron chi connectivity index (χ2n) is 7.19. The van der Waals surface area contributed by atoms with E-state index in [1.807, 2.05) is 24.3 Å². The molecule has 0 amide bonds. The Hall–Kier alpha value is -4.54. The smallest absolute Gasteiger partial charge is 0.308 e. The minimum absolute atomic E-state index is 0.320. The largest absolute Gasteiger partial charge is 0.426 e. The summed E-state index contributed by atoms with van der Waals surface area (Å²) in [6.45, 7) is 2.65. The molecule has 154 valence electrons. The predicted molar refractivity (Wildman–Crippen MR) is 122 cm³/mol. The number of carbonyl (C=O) groups excluding carboxylic acids is 2. The van der Waals surface area contributed by atoms with E-state index < -0.39 is 11.9 Å². The van der Waals surface area contributed by atoms with Crippen molar-refractivity contribution in [1.29, 1.82) is 0 Å². The van der Waals surface area contributed by atoms with Crippen molar-refractivity contribution in [2.45, 2.75) is 13.8 Å². The molecule has 0 heterocycles. The van der Waals surface area contributed by atoms with Crippen molar-refractivity contribution in [3.8, 4) is 34.5 Å². The van der Waals surface area contributed by atoms with Gasteiger partial charge in [-0.15, -0.1) is 35.4 Å². The van der Waals surface area contributed by atoms with Gasteiger partial charge in [-0.25, -0.2) is 0 Å². The summed E-state index contributed by atoms with van der Waals surface area (Å²) in [5.74, 6) is 4.43.